The number of nitrogens with zero attached hydrogens (tertiary/aromatic N) is 1. The van der Waals surface area contributed by atoms with Crippen molar-refractivity contribution >= 4 is 5.69 Å². The number of benzene rings is 1. The first kappa shape index (κ1) is 15.3. The molecular weight excluding hydrogens is 252 g/mol. The second-order valence-electron chi connectivity index (χ2n) is 5.66. The van der Waals surface area contributed by atoms with Crippen LogP contribution < -0.4 is 10.2 Å². The van der Waals surface area contributed by atoms with Gasteiger partial charge in [0.2, 0.25) is 0 Å². The molecule has 3 N–H and O–H groups in total. The Morgan fingerprint density at radius 2 is 1.70 bits per heavy atom. The van der Waals surface area contributed by atoms with Gasteiger partial charge in [0.25, 0.3) is 0 Å². The van der Waals surface area contributed by atoms with Gasteiger partial charge in [0.1, 0.15) is 0 Å². The Hall–Kier alpha value is -1.10. The molecule has 1 heterocycles. The number of hydrogen-bond donors (Lipinski definition) is 3. The van der Waals surface area contributed by atoms with Crippen LogP contribution in [0.1, 0.15) is 31.7 Å². The summed E-state index contributed by atoms with van der Waals surface area (Å²) in [5.74, 6) is 0. The van der Waals surface area contributed by atoms with Gasteiger partial charge in [0.05, 0.1) is 18.8 Å². The van der Waals surface area contributed by atoms with E-state index in [1.165, 1.54) is 24.1 Å². The van der Waals surface area contributed by atoms with Gasteiger partial charge in [-0.05, 0) is 37.0 Å². The third-order valence-electron chi connectivity index (χ3n) is 4.36. The molecule has 0 atom stereocenters. The molecule has 0 unspecified atom stereocenters. The smallest absolute Gasteiger partial charge is 0.0648 e. The highest BCUT2D eigenvalue weighted by Crippen LogP contribution is 2.20. The molecule has 0 bridgehead atoms. The predicted molar refractivity (Wildman–Crippen MR) is 81.9 cm³/mol. The fraction of sp³-hybridized carbons (Fsp3) is 0.625. The van der Waals surface area contributed by atoms with Crippen LogP contribution in [0, 0.1) is 0 Å². The normalized spacial score (nSPS) is 15.8. The van der Waals surface area contributed by atoms with Crippen molar-refractivity contribution in [1.82, 2.24) is 5.32 Å². The van der Waals surface area contributed by atoms with Gasteiger partial charge in [-0.3, -0.25) is 0 Å². The molecule has 0 radical (unpaired) electrons. The minimum absolute atomic E-state index is 0.0497. The van der Waals surface area contributed by atoms with Crippen molar-refractivity contribution in [2.75, 3.05) is 31.2 Å². The lowest BCUT2D eigenvalue weighted by molar-refractivity contribution is 0.0864. The van der Waals surface area contributed by atoms with Gasteiger partial charge < -0.3 is 20.4 Å². The Labute approximate surface area is 121 Å². The first-order valence-corrected chi connectivity index (χ1v) is 7.53. The minimum atomic E-state index is -0.576. The number of rotatable bonds is 7. The first-order valence-electron chi connectivity index (χ1n) is 7.53. The average molecular weight is 278 g/mol. The van der Waals surface area contributed by atoms with E-state index in [4.69, 9.17) is 0 Å². The molecule has 2 rings (SSSR count). The van der Waals surface area contributed by atoms with Crippen molar-refractivity contribution < 1.29 is 10.2 Å². The largest absolute Gasteiger partial charge is 0.394 e. The maximum Gasteiger partial charge on any atom is 0.0648 e. The van der Waals surface area contributed by atoms with Crippen molar-refractivity contribution in [1.29, 1.82) is 0 Å². The Kier molecular flexibility index (Phi) is 5.40. The summed E-state index contributed by atoms with van der Waals surface area (Å²) in [6.07, 6.45) is 3.27. The summed E-state index contributed by atoms with van der Waals surface area (Å²) in [5.41, 5.74) is 1.89. The van der Waals surface area contributed by atoms with Crippen molar-refractivity contribution in [3.8, 4) is 0 Å². The Balaban J connectivity index is 1.93. The fourth-order valence-electron chi connectivity index (χ4n) is 2.60. The molecule has 1 aliphatic heterocycles. The lowest BCUT2D eigenvalue weighted by Gasteiger charge is -2.30. The molecule has 4 nitrogen and oxygen atoms in total. The highest BCUT2D eigenvalue weighted by Gasteiger charge is 2.25. The Bertz CT molecular complexity index is 387. The molecule has 1 fully saturated rings. The summed E-state index contributed by atoms with van der Waals surface area (Å²) >= 11 is 0. The van der Waals surface area contributed by atoms with Crippen LogP contribution in [0.15, 0.2) is 24.3 Å². The lowest BCUT2D eigenvalue weighted by atomic mass is 9.98. The van der Waals surface area contributed by atoms with Gasteiger partial charge >= 0.3 is 0 Å². The van der Waals surface area contributed by atoms with E-state index in [0.29, 0.717) is 13.0 Å². The molecule has 1 saturated heterocycles. The van der Waals surface area contributed by atoms with Crippen LogP contribution in [0.25, 0.3) is 0 Å². The molecule has 0 saturated carbocycles. The van der Waals surface area contributed by atoms with Crippen LogP contribution in [0.5, 0.6) is 0 Å². The molecule has 1 aliphatic rings. The van der Waals surface area contributed by atoms with E-state index in [2.05, 4.69) is 34.5 Å². The number of aliphatic hydroxyl groups is 2. The van der Waals surface area contributed by atoms with E-state index in [9.17, 15) is 10.2 Å². The number of hydrogen-bond acceptors (Lipinski definition) is 4. The van der Waals surface area contributed by atoms with Crippen LogP contribution in [0.3, 0.4) is 0 Å². The van der Waals surface area contributed by atoms with Crippen molar-refractivity contribution in [3.05, 3.63) is 29.8 Å². The summed E-state index contributed by atoms with van der Waals surface area (Å²) in [5, 5.41) is 22.1. The zero-order valence-corrected chi connectivity index (χ0v) is 12.3. The predicted octanol–water partition coefficient (Wildman–Crippen LogP) is 1.51. The van der Waals surface area contributed by atoms with Gasteiger partial charge in [-0.2, -0.15) is 0 Å². The van der Waals surface area contributed by atoms with E-state index in [1.807, 2.05) is 6.92 Å². The first-order chi connectivity index (χ1) is 9.73. The molecule has 20 heavy (non-hydrogen) atoms. The zero-order chi connectivity index (χ0) is 14.4. The fourth-order valence-corrected chi connectivity index (χ4v) is 2.60. The van der Waals surface area contributed by atoms with Gasteiger partial charge in [-0.15, -0.1) is 0 Å². The number of aliphatic hydroxyl groups excluding tert-OH is 2. The van der Waals surface area contributed by atoms with Gasteiger partial charge in [-0.1, -0.05) is 19.1 Å². The van der Waals surface area contributed by atoms with E-state index in [0.717, 1.165) is 13.1 Å². The summed E-state index contributed by atoms with van der Waals surface area (Å²) < 4.78 is 0. The third-order valence-corrected chi connectivity index (χ3v) is 4.36. The van der Waals surface area contributed by atoms with Crippen LogP contribution in [-0.4, -0.2) is 42.1 Å². The van der Waals surface area contributed by atoms with E-state index in [1.54, 1.807) is 0 Å². The molecular formula is C16H26N2O2. The lowest BCUT2D eigenvalue weighted by Crippen LogP contribution is -2.50. The Morgan fingerprint density at radius 3 is 2.20 bits per heavy atom. The van der Waals surface area contributed by atoms with Crippen LogP contribution in [-0.2, 0) is 6.54 Å². The van der Waals surface area contributed by atoms with Crippen LogP contribution in [0.4, 0.5) is 5.69 Å². The number of nitrogens with one attached hydrogen (secondary N) is 1. The second-order valence-corrected chi connectivity index (χ2v) is 5.66. The summed E-state index contributed by atoms with van der Waals surface area (Å²) in [4.78, 5) is 2.41. The molecule has 1 aromatic carbocycles. The molecule has 0 aliphatic carbocycles. The second kappa shape index (κ2) is 7.07. The molecule has 1 aromatic rings. The quantitative estimate of drug-likeness (QED) is 0.708. The number of anilines is 1. The topological polar surface area (TPSA) is 55.7 Å². The zero-order valence-electron chi connectivity index (χ0n) is 12.3. The highest BCUT2D eigenvalue weighted by atomic mass is 16.3. The highest BCUT2D eigenvalue weighted by molar-refractivity contribution is 5.48. The van der Waals surface area contributed by atoms with Crippen molar-refractivity contribution in [2.45, 2.75) is 38.3 Å². The molecule has 0 amide bonds. The van der Waals surface area contributed by atoms with E-state index in [-0.39, 0.29) is 13.2 Å². The van der Waals surface area contributed by atoms with Gasteiger partial charge in [0, 0.05) is 25.3 Å². The maximum atomic E-state index is 9.41. The average Bonchev–Trinajstić information content (AvgIpc) is 3.04. The van der Waals surface area contributed by atoms with Crippen LogP contribution >= 0.6 is 0 Å². The monoisotopic (exact) mass is 278 g/mol. The summed E-state index contributed by atoms with van der Waals surface area (Å²) in [6.45, 7) is 4.85. The third kappa shape index (κ3) is 3.51. The van der Waals surface area contributed by atoms with Crippen molar-refractivity contribution in [2.24, 2.45) is 0 Å². The summed E-state index contributed by atoms with van der Waals surface area (Å²) in [6, 6.07) is 8.56. The van der Waals surface area contributed by atoms with Gasteiger partial charge in [-0.25, -0.2) is 0 Å². The van der Waals surface area contributed by atoms with Gasteiger partial charge in [0.15, 0.2) is 0 Å². The maximum absolute atomic E-state index is 9.41. The molecule has 4 heteroatoms. The minimum Gasteiger partial charge on any atom is -0.394 e. The van der Waals surface area contributed by atoms with E-state index < -0.39 is 5.54 Å². The molecule has 112 valence electrons. The van der Waals surface area contributed by atoms with E-state index >= 15 is 0 Å². The molecule has 0 spiro atoms. The van der Waals surface area contributed by atoms with Crippen molar-refractivity contribution in [3.63, 3.8) is 0 Å². The van der Waals surface area contributed by atoms with Crippen LogP contribution in [0.2, 0.25) is 0 Å². The summed E-state index contributed by atoms with van der Waals surface area (Å²) in [7, 11) is 0. The standard InChI is InChI=1S/C16H26N2O2/c1-2-16(12-19,13-20)17-11-14-5-7-15(8-6-14)18-9-3-4-10-18/h5-8,17,19-20H,2-4,9-13H2,1H3. The SMILES string of the molecule is CCC(CO)(CO)NCc1ccc(N2CCCC2)cc1. The Morgan fingerprint density at radius 1 is 1.10 bits per heavy atom. The molecule has 0 aromatic heterocycles.